The number of carbonyl (C=O) groups is 1. The molecule has 6 heteroatoms. The number of fused-ring (bicyclic) bond motifs is 1. The van der Waals surface area contributed by atoms with Crippen LogP contribution in [-0.2, 0) is 11.3 Å². The van der Waals surface area contributed by atoms with Crippen LogP contribution in [0.1, 0.15) is 41.8 Å². The maximum atomic E-state index is 13.1. The zero-order chi connectivity index (χ0) is 21.7. The smallest absolute Gasteiger partial charge is 0.262 e. The molecule has 0 atom stereocenters. The van der Waals surface area contributed by atoms with E-state index in [1.165, 1.54) is 11.8 Å². The van der Waals surface area contributed by atoms with Crippen LogP contribution in [0.5, 0.6) is 0 Å². The quantitative estimate of drug-likeness (QED) is 0.214. The lowest BCUT2D eigenvalue weighted by Crippen LogP contribution is -2.24. The van der Waals surface area contributed by atoms with Gasteiger partial charge in [-0.05, 0) is 63.4 Å². The molecule has 0 unspecified atom stereocenters. The second-order valence-corrected chi connectivity index (χ2v) is 8.59. The second-order valence-electron chi connectivity index (χ2n) is 7.65. The van der Waals surface area contributed by atoms with Crippen LogP contribution in [-0.4, -0.2) is 33.8 Å². The zero-order valence-electron chi connectivity index (χ0n) is 18.0. The van der Waals surface area contributed by atoms with Crippen molar-refractivity contribution in [3.05, 3.63) is 69.5 Å². The molecule has 0 aliphatic rings. The van der Waals surface area contributed by atoms with Crippen molar-refractivity contribution in [3.63, 3.8) is 0 Å². The first-order chi connectivity index (χ1) is 14.4. The highest BCUT2D eigenvalue weighted by atomic mass is 32.2. The Kier molecular flexibility index (Phi) is 7.45. The van der Waals surface area contributed by atoms with E-state index in [2.05, 4.69) is 4.98 Å². The summed E-state index contributed by atoms with van der Waals surface area (Å²) >= 11 is 1.31. The van der Waals surface area contributed by atoms with Crippen molar-refractivity contribution in [2.45, 2.75) is 51.9 Å². The van der Waals surface area contributed by atoms with Crippen molar-refractivity contribution in [2.75, 3.05) is 12.4 Å². The van der Waals surface area contributed by atoms with Crippen LogP contribution in [0.3, 0.4) is 0 Å². The molecule has 0 aliphatic heterocycles. The van der Waals surface area contributed by atoms with Crippen LogP contribution in [0.25, 0.3) is 10.9 Å². The Morgan fingerprint density at radius 3 is 2.63 bits per heavy atom. The minimum atomic E-state index is -0.0775. The number of benzene rings is 2. The average Bonchev–Trinajstić information content (AvgIpc) is 2.72. The maximum absolute atomic E-state index is 13.1. The van der Waals surface area contributed by atoms with Gasteiger partial charge in [0.25, 0.3) is 5.56 Å². The van der Waals surface area contributed by atoms with E-state index in [4.69, 9.17) is 4.74 Å². The molecule has 3 aromatic rings. The lowest BCUT2D eigenvalue weighted by atomic mass is 10.0. The number of Topliss-reactive ketones (excluding diaryl/α,β-unsaturated/α-hetero) is 1. The highest BCUT2D eigenvalue weighted by Gasteiger charge is 2.14. The molecule has 0 aliphatic carbocycles. The number of rotatable bonds is 9. The summed E-state index contributed by atoms with van der Waals surface area (Å²) in [7, 11) is 0. The molecule has 2 aromatic carbocycles. The summed E-state index contributed by atoms with van der Waals surface area (Å²) in [5, 5.41) is 1.16. The number of carbonyl (C=O) groups excluding carboxylic acids is 1. The minimum absolute atomic E-state index is 0.0280. The van der Waals surface area contributed by atoms with Crippen LogP contribution in [0.4, 0.5) is 0 Å². The SMILES string of the molecule is Cc1ccc(C(=O)CSc2nc3ccccc3c(=O)n2CCCOC(C)C)cc1C. The second kappa shape index (κ2) is 10.0. The Morgan fingerprint density at radius 1 is 1.13 bits per heavy atom. The van der Waals surface area contributed by atoms with Gasteiger partial charge in [0.15, 0.2) is 10.9 Å². The molecule has 0 saturated heterocycles. The Balaban J connectivity index is 1.83. The van der Waals surface area contributed by atoms with Gasteiger partial charge < -0.3 is 4.74 Å². The van der Waals surface area contributed by atoms with Gasteiger partial charge in [-0.15, -0.1) is 0 Å². The fraction of sp³-hybridized carbons (Fsp3) is 0.375. The van der Waals surface area contributed by atoms with Gasteiger partial charge in [0.2, 0.25) is 0 Å². The molecule has 5 nitrogen and oxygen atoms in total. The number of hydrogen-bond acceptors (Lipinski definition) is 5. The van der Waals surface area contributed by atoms with E-state index in [0.717, 1.165) is 11.1 Å². The standard InChI is InChI=1S/C24H28N2O3S/c1-16(2)29-13-7-12-26-23(28)20-8-5-6-9-21(20)25-24(26)30-15-22(27)19-11-10-17(3)18(4)14-19/h5-6,8-11,14,16H,7,12-13,15H2,1-4H3. The molecular formula is C24H28N2O3S. The predicted octanol–water partition coefficient (Wildman–Crippen LogP) is 4.80. The third-order valence-corrected chi connectivity index (χ3v) is 5.94. The van der Waals surface area contributed by atoms with E-state index in [1.807, 2.05) is 64.1 Å². The largest absolute Gasteiger partial charge is 0.379 e. The average molecular weight is 425 g/mol. The summed E-state index contributed by atoms with van der Waals surface area (Å²) in [6, 6.07) is 13.1. The van der Waals surface area contributed by atoms with Gasteiger partial charge in [0.1, 0.15) is 0 Å². The van der Waals surface area contributed by atoms with Gasteiger partial charge in [-0.2, -0.15) is 0 Å². The maximum Gasteiger partial charge on any atom is 0.262 e. The summed E-state index contributed by atoms with van der Waals surface area (Å²) in [4.78, 5) is 30.5. The monoisotopic (exact) mass is 424 g/mol. The van der Waals surface area contributed by atoms with Gasteiger partial charge in [0.05, 0.1) is 22.8 Å². The van der Waals surface area contributed by atoms with Gasteiger partial charge >= 0.3 is 0 Å². The molecule has 0 radical (unpaired) electrons. The third kappa shape index (κ3) is 5.37. The Bertz CT molecular complexity index is 1110. The van der Waals surface area contributed by atoms with E-state index in [-0.39, 0.29) is 23.2 Å². The van der Waals surface area contributed by atoms with E-state index in [0.29, 0.717) is 41.2 Å². The van der Waals surface area contributed by atoms with Crippen molar-refractivity contribution in [1.82, 2.24) is 9.55 Å². The van der Waals surface area contributed by atoms with E-state index in [1.54, 1.807) is 10.6 Å². The van der Waals surface area contributed by atoms with E-state index in [9.17, 15) is 9.59 Å². The fourth-order valence-electron chi connectivity index (χ4n) is 3.13. The minimum Gasteiger partial charge on any atom is -0.379 e. The Morgan fingerprint density at radius 2 is 1.90 bits per heavy atom. The first-order valence-electron chi connectivity index (χ1n) is 10.2. The number of hydrogen-bond donors (Lipinski definition) is 0. The molecule has 0 fully saturated rings. The first-order valence-corrected chi connectivity index (χ1v) is 11.2. The van der Waals surface area contributed by atoms with Crippen molar-refractivity contribution < 1.29 is 9.53 Å². The normalized spacial score (nSPS) is 11.4. The lowest BCUT2D eigenvalue weighted by molar-refractivity contribution is 0.0743. The van der Waals surface area contributed by atoms with Gasteiger partial charge in [-0.25, -0.2) is 4.98 Å². The van der Waals surface area contributed by atoms with Gasteiger partial charge in [-0.3, -0.25) is 14.2 Å². The topological polar surface area (TPSA) is 61.2 Å². The highest BCUT2D eigenvalue weighted by Crippen LogP contribution is 2.20. The summed E-state index contributed by atoms with van der Waals surface area (Å²) in [6.07, 6.45) is 0.859. The molecule has 158 valence electrons. The Hall–Kier alpha value is -2.44. The van der Waals surface area contributed by atoms with Crippen molar-refractivity contribution in [2.24, 2.45) is 0 Å². The van der Waals surface area contributed by atoms with Crippen molar-refractivity contribution in [3.8, 4) is 0 Å². The number of thioether (sulfide) groups is 1. The molecule has 0 saturated carbocycles. The molecule has 0 N–H and O–H groups in total. The molecule has 1 aromatic heterocycles. The number of aromatic nitrogens is 2. The fourth-order valence-corrected chi connectivity index (χ4v) is 4.04. The van der Waals surface area contributed by atoms with Crippen LogP contribution >= 0.6 is 11.8 Å². The molecular weight excluding hydrogens is 396 g/mol. The lowest BCUT2D eigenvalue weighted by Gasteiger charge is -2.14. The molecule has 0 amide bonds. The van der Waals surface area contributed by atoms with Crippen molar-refractivity contribution in [1.29, 1.82) is 0 Å². The van der Waals surface area contributed by atoms with E-state index < -0.39 is 0 Å². The zero-order valence-corrected chi connectivity index (χ0v) is 18.8. The highest BCUT2D eigenvalue weighted by molar-refractivity contribution is 7.99. The molecule has 3 rings (SSSR count). The number of ketones is 1. The van der Waals surface area contributed by atoms with Crippen LogP contribution in [0.15, 0.2) is 52.4 Å². The van der Waals surface area contributed by atoms with Crippen LogP contribution < -0.4 is 5.56 Å². The molecule has 0 spiro atoms. The van der Waals surface area contributed by atoms with E-state index >= 15 is 0 Å². The third-order valence-electron chi connectivity index (χ3n) is 4.97. The molecule has 0 bridgehead atoms. The summed E-state index contributed by atoms with van der Waals surface area (Å²) < 4.78 is 7.28. The molecule has 1 heterocycles. The number of aryl methyl sites for hydroxylation is 2. The molecule has 30 heavy (non-hydrogen) atoms. The van der Waals surface area contributed by atoms with Gasteiger partial charge in [-0.1, -0.05) is 36.0 Å². The van der Waals surface area contributed by atoms with Gasteiger partial charge in [0, 0.05) is 18.7 Å². The summed E-state index contributed by atoms with van der Waals surface area (Å²) in [5.41, 5.74) is 3.51. The van der Waals surface area contributed by atoms with Crippen LogP contribution in [0.2, 0.25) is 0 Å². The van der Waals surface area contributed by atoms with Crippen LogP contribution in [0, 0.1) is 13.8 Å². The summed E-state index contributed by atoms with van der Waals surface area (Å²) in [6.45, 7) is 9.08. The predicted molar refractivity (Wildman–Crippen MR) is 123 cm³/mol. The number of nitrogens with zero attached hydrogens (tertiary/aromatic N) is 2. The summed E-state index contributed by atoms with van der Waals surface area (Å²) in [5.74, 6) is 0.260. The Labute approximate surface area is 181 Å². The number of ether oxygens (including phenoxy) is 1. The first kappa shape index (κ1) is 22.2. The number of para-hydroxylation sites is 1. The van der Waals surface area contributed by atoms with Crippen molar-refractivity contribution >= 4 is 28.4 Å².